The minimum Gasteiger partial charge on any atom is -0.487 e. The molecule has 1 aliphatic heterocycles. The summed E-state index contributed by atoms with van der Waals surface area (Å²) in [5.41, 5.74) is 1.12. The fourth-order valence-electron chi connectivity index (χ4n) is 2.55. The number of piperidine rings is 1. The molecule has 1 heterocycles. The number of nitrogens with zero attached hydrogens (tertiary/aromatic N) is 1. The maximum absolute atomic E-state index is 13.7. The Bertz CT molecular complexity index is 411. The van der Waals surface area contributed by atoms with Gasteiger partial charge in [0, 0.05) is 19.1 Å². The number of benzene rings is 1. The molecule has 1 saturated heterocycles. The van der Waals surface area contributed by atoms with Crippen molar-refractivity contribution in [1.29, 1.82) is 0 Å². The van der Waals surface area contributed by atoms with Crippen molar-refractivity contribution < 1.29 is 9.13 Å². The lowest BCUT2D eigenvalue weighted by atomic mass is 10.1. The summed E-state index contributed by atoms with van der Waals surface area (Å²) >= 11 is 0. The molecule has 0 amide bonds. The van der Waals surface area contributed by atoms with Gasteiger partial charge in [-0.2, -0.15) is 0 Å². The van der Waals surface area contributed by atoms with Crippen LogP contribution in [0.25, 0.3) is 0 Å². The molecule has 3 heteroatoms. The zero-order valence-corrected chi connectivity index (χ0v) is 12.2. The molecule has 0 saturated carbocycles. The first kappa shape index (κ1) is 14.3. The van der Waals surface area contributed by atoms with Crippen molar-refractivity contribution in [2.75, 3.05) is 13.1 Å². The third kappa shape index (κ3) is 3.69. The Morgan fingerprint density at radius 2 is 2.00 bits per heavy atom. The van der Waals surface area contributed by atoms with Crippen LogP contribution < -0.4 is 4.74 Å². The first-order valence-corrected chi connectivity index (χ1v) is 7.29. The quantitative estimate of drug-likeness (QED) is 0.824. The minimum absolute atomic E-state index is 0.150. The lowest BCUT2D eigenvalue weighted by Crippen LogP contribution is -2.41. The van der Waals surface area contributed by atoms with Crippen molar-refractivity contribution in [2.45, 2.75) is 52.2 Å². The van der Waals surface area contributed by atoms with Crippen molar-refractivity contribution >= 4 is 0 Å². The van der Waals surface area contributed by atoms with E-state index in [2.05, 4.69) is 25.7 Å². The monoisotopic (exact) mass is 265 g/mol. The van der Waals surface area contributed by atoms with E-state index >= 15 is 0 Å². The number of hydrogen-bond acceptors (Lipinski definition) is 2. The molecular formula is C16H24FNO. The molecule has 0 aromatic heterocycles. The predicted octanol–water partition coefficient (Wildman–Crippen LogP) is 3.64. The number of halogens is 1. The third-order valence-corrected chi connectivity index (χ3v) is 3.90. The lowest BCUT2D eigenvalue weighted by molar-refractivity contribution is 0.0815. The number of aryl methyl sites for hydroxylation is 1. The average molecular weight is 265 g/mol. The Morgan fingerprint density at radius 1 is 1.32 bits per heavy atom. The second kappa shape index (κ2) is 6.38. The largest absolute Gasteiger partial charge is 0.487 e. The zero-order chi connectivity index (χ0) is 13.8. The highest BCUT2D eigenvalue weighted by Crippen LogP contribution is 2.24. The molecule has 0 spiro atoms. The highest BCUT2D eigenvalue weighted by atomic mass is 19.1. The molecule has 106 valence electrons. The summed E-state index contributed by atoms with van der Waals surface area (Å²) in [7, 11) is 0. The van der Waals surface area contributed by atoms with Gasteiger partial charge in [-0.15, -0.1) is 0 Å². The van der Waals surface area contributed by atoms with Crippen molar-refractivity contribution in [3.63, 3.8) is 0 Å². The topological polar surface area (TPSA) is 12.5 Å². The smallest absolute Gasteiger partial charge is 0.165 e. The van der Waals surface area contributed by atoms with E-state index in [-0.39, 0.29) is 11.9 Å². The van der Waals surface area contributed by atoms with Gasteiger partial charge in [0.05, 0.1) is 0 Å². The molecule has 2 rings (SSSR count). The Hall–Kier alpha value is -1.09. The highest BCUT2D eigenvalue weighted by Gasteiger charge is 2.22. The third-order valence-electron chi connectivity index (χ3n) is 3.90. The van der Waals surface area contributed by atoms with Gasteiger partial charge in [-0.3, -0.25) is 0 Å². The van der Waals surface area contributed by atoms with Crippen LogP contribution in [-0.4, -0.2) is 30.1 Å². The van der Waals surface area contributed by atoms with Gasteiger partial charge in [0.15, 0.2) is 11.6 Å². The van der Waals surface area contributed by atoms with E-state index in [0.717, 1.165) is 37.9 Å². The van der Waals surface area contributed by atoms with E-state index < -0.39 is 0 Å². The first-order chi connectivity index (χ1) is 9.10. The number of hydrogen-bond donors (Lipinski definition) is 0. The molecule has 1 aromatic rings. The molecule has 0 atom stereocenters. The molecule has 0 aliphatic carbocycles. The van der Waals surface area contributed by atoms with Crippen LogP contribution in [0, 0.1) is 5.82 Å². The first-order valence-electron chi connectivity index (χ1n) is 7.29. The van der Waals surface area contributed by atoms with Crippen molar-refractivity contribution in [3.05, 3.63) is 29.6 Å². The second-order valence-electron chi connectivity index (χ2n) is 5.57. The molecule has 0 bridgehead atoms. The van der Waals surface area contributed by atoms with Crippen LogP contribution in [0.4, 0.5) is 4.39 Å². The maximum atomic E-state index is 13.7. The predicted molar refractivity (Wildman–Crippen MR) is 76.1 cm³/mol. The van der Waals surface area contributed by atoms with Gasteiger partial charge < -0.3 is 9.64 Å². The summed E-state index contributed by atoms with van der Waals surface area (Å²) in [4.78, 5) is 2.44. The molecule has 1 aromatic carbocycles. The Kier molecular flexibility index (Phi) is 4.81. The van der Waals surface area contributed by atoms with Crippen molar-refractivity contribution in [3.8, 4) is 5.75 Å². The zero-order valence-electron chi connectivity index (χ0n) is 12.2. The molecule has 0 N–H and O–H groups in total. The van der Waals surface area contributed by atoms with Crippen LogP contribution in [0.5, 0.6) is 5.75 Å². The van der Waals surface area contributed by atoms with Crippen molar-refractivity contribution in [2.24, 2.45) is 0 Å². The number of rotatable bonds is 4. The Morgan fingerprint density at radius 3 is 2.58 bits per heavy atom. The van der Waals surface area contributed by atoms with Crippen LogP contribution in [-0.2, 0) is 6.42 Å². The number of ether oxygens (including phenoxy) is 1. The van der Waals surface area contributed by atoms with E-state index in [1.54, 1.807) is 0 Å². The molecule has 1 aliphatic rings. The fourth-order valence-corrected chi connectivity index (χ4v) is 2.55. The van der Waals surface area contributed by atoms with Crippen LogP contribution in [0.3, 0.4) is 0 Å². The Labute approximate surface area is 115 Å². The Balaban J connectivity index is 1.95. The highest BCUT2D eigenvalue weighted by molar-refractivity contribution is 5.30. The van der Waals surface area contributed by atoms with Crippen LogP contribution in [0.2, 0.25) is 0 Å². The molecule has 19 heavy (non-hydrogen) atoms. The standard InChI is InChI=1S/C16H24FNO/c1-4-13-5-6-15(17)16(11-13)19-14-7-9-18(10-8-14)12(2)3/h5-6,11-12,14H,4,7-10H2,1-3H3. The molecule has 2 nitrogen and oxygen atoms in total. The molecule has 1 fully saturated rings. The summed E-state index contributed by atoms with van der Waals surface area (Å²) in [6, 6.07) is 5.76. The van der Waals surface area contributed by atoms with Crippen LogP contribution >= 0.6 is 0 Å². The molecule has 0 radical (unpaired) electrons. The average Bonchev–Trinajstić information content (AvgIpc) is 2.42. The van der Waals surface area contributed by atoms with E-state index in [0.29, 0.717) is 11.8 Å². The van der Waals surface area contributed by atoms with Gasteiger partial charge >= 0.3 is 0 Å². The van der Waals surface area contributed by atoms with Gasteiger partial charge in [0.2, 0.25) is 0 Å². The lowest BCUT2D eigenvalue weighted by Gasteiger charge is -2.34. The summed E-state index contributed by atoms with van der Waals surface area (Å²) in [5.74, 6) is 0.172. The normalized spacial score (nSPS) is 17.9. The van der Waals surface area contributed by atoms with E-state index in [4.69, 9.17) is 4.74 Å². The van der Waals surface area contributed by atoms with Gasteiger partial charge in [-0.1, -0.05) is 13.0 Å². The van der Waals surface area contributed by atoms with E-state index in [1.807, 2.05) is 12.1 Å². The fraction of sp³-hybridized carbons (Fsp3) is 0.625. The van der Waals surface area contributed by atoms with E-state index in [1.165, 1.54) is 6.07 Å². The summed E-state index contributed by atoms with van der Waals surface area (Å²) in [6.07, 6.45) is 3.02. The van der Waals surface area contributed by atoms with Gasteiger partial charge in [0.25, 0.3) is 0 Å². The van der Waals surface area contributed by atoms with Crippen molar-refractivity contribution in [1.82, 2.24) is 4.90 Å². The van der Waals surface area contributed by atoms with Crippen LogP contribution in [0.15, 0.2) is 18.2 Å². The molecular weight excluding hydrogens is 241 g/mol. The molecule has 0 unspecified atom stereocenters. The van der Waals surface area contributed by atoms with E-state index in [9.17, 15) is 4.39 Å². The second-order valence-corrected chi connectivity index (χ2v) is 5.57. The summed E-state index contributed by atoms with van der Waals surface area (Å²) < 4.78 is 19.6. The minimum atomic E-state index is -0.247. The SMILES string of the molecule is CCc1ccc(F)c(OC2CCN(C(C)C)CC2)c1. The number of likely N-dealkylation sites (tertiary alicyclic amines) is 1. The van der Waals surface area contributed by atoms with Gasteiger partial charge in [-0.25, -0.2) is 4.39 Å². The summed E-state index contributed by atoms with van der Waals surface area (Å²) in [5, 5.41) is 0. The van der Waals surface area contributed by atoms with Gasteiger partial charge in [-0.05, 0) is 50.8 Å². The summed E-state index contributed by atoms with van der Waals surface area (Å²) in [6.45, 7) is 8.57. The van der Waals surface area contributed by atoms with Crippen LogP contribution in [0.1, 0.15) is 39.2 Å². The van der Waals surface area contributed by atoms with Gasteiger partial charge in [0.1, 0.15) is 6.10 Å². The maximum Gasteiger partial charge on any atom is 0.165 e.